The second-order valence-corrected chi connectivity index (χ2v) is 3.07. The summed E-state index contributed by atoms with van der Waals surface area (Å²) in [5.74, 6) is 0.122. The van der Waals surface area contributed by atoms with Gasteiger partial charge in [0.1, 0.15) is 0 Å². The third-order valence-corrected chi connectivity index (χ3v) is 2.10. The lowest BCUT2D eigenvalue weighted by Crippen LogP contribution is -1.97. The average molecular weight is 174 g/mol. The molecule has 0 fully saturated rings. The van der Waals surface area contributed by atoms with E-state index in [9.17, 15) is 4.79 Å². The van der Waals surface area contributed by atoms with Gasteiger partial charge in [-0.2, -0.15) is 0 Å². The molecule has 0 spiro atoms. The summed E-state index contributed by atoms with van der Waals surface area (Å²) >= 11 is 0. The Morgan fingerprint density at radius 3 is 2.38 bits per heavy atom. The molecule has 13 heavy (non-hydrogen) atoms. The number of allylic oxidation sites excluding steroid dienone is 2. The Hall–Kier alpha value is -1.37. The van der Waals surface area contributed by atoms with Gasteiger partial charge < -0.3 is 0 Å². The molecule has 0 bridgehead atoms. The van der Waals surface area contributed by atoms with Crippen LogP contribution >= 0.6 is 0 Å². The van der Waals surface area contributed by atoms with Crippen molar-refractivity contribution in [2.24, 2.45) is 0 Å². The zero-order valence-corrected chi connectivity index (χ0v) is 8.29. The first kappa shape index (κ1) is 9.72. The van der Waals surface area contributed by atoms with Crippen LogP contribution in [0.15, 0.2) is 30.3 Å². The summed E-state index contributed by atoms with van der Waals surface area (Å²) in [4.78, 5) is 11.3. The van der Waals surface area contributed by atoms with Gasteiger partial charge in [0.05, 0.1) is 0 Å². The van der Waals surface area contributed by atoms with Gasteiger partial charge in [0.25, 0.3) is 0 Å². The fourth-order valence-electron chi connectivity index (χ4n) is 1.42. The summed E-state index contributed by atoms with van der Waals surface area (Å²) in [6.07, 6.45) is 1.87. The van der Waals surface area contributed by atoms with Crippen LogP contribution in [0.5, 0.6) is 0 Å². The van der Waals surface area contributed by atoms with E-state index in [2.05, 4.69) is 0 Å². The number of hydrogen-bond acceptors (Lipinski definition) is 1. The molecule has 0 amide bonds. The minimum Gasteiger partial charge on any atom is -0.295 e. The van der Waals surface area contributed by atoms with E-state index in [0.29, 0.717) is 0 Å². The van der Waals surface area contributed by atoms with Crippen molar-refractivity contribution < 1.29 is 4.79 Å². The number of hydrogen-bond donors (Lipinski definition) is 0. The SMILES string of the molecule is C/C=C(/C(C)=O)c1ccccc1C. The lowest BCUT2D eigenvalue weighted by Gasteiger charge is -2.06. The minimum absolute atomic E-state index is 0.122. The highest BCUT2D eigenvalue weighted by Crippen LogP contribution is 2.18. The van der Waals surface area contributed by atoms with E-state index >= 15 is 0 Å². The van der Waals surface area contributed by atoms with Gasteiger partial charge in [-0.1, -0.05) is 30.3 Å². The van der Waals surface area contributed by atoms with E-state index in [1.807, 2.05) is 44.2 Å². The number of aryl methyl sites for hydroxylation is 1. The van der Waals surface area contributed by atoms with Gasteiger partial charge in [0.15, 0.2) is 5.78 Å². The summed E-state index contributed by atoms with van der Waals surface area (Å²) in [6, 6.07) is 7.93. The van der Waals surface area contributed by atoms with Gasteiger partial charge in [-0.15, -0.1) is 0 Å². The Bertz CT molecular complexity index is 348. The van der Waals surface area contributed by atoms with Crippen LogP contribution in [0.25, 0.3) is 5.57 Å². The number of ketones is 1. The molecule has 0 aliphatic rings. The molecule has 1 heteroatoms. The zero-order chi connectivity index (χ0) is 9.84. The fourth-order valence-corrected chi connectivity index (χ4v) is 1.42. The van der Waals surface area contributed by atoms with Crippen LogP contribution in [0.3, 0.4) is 0 Å². The smallest absolute Gasteiger partial charge is 0.160 e. The summed E-state index contributed by atoms with van der Waals surface area (Å²) in [5.41, 5.74) is 2.99. The summed E-state index contributed by atoms with van der Waals surface area (Å²) < 4.78 is 0. The molecule has 0 N–H and O–H groups in total. The van der Waals surface area contributed by atoms with Gasteiger partial charge in [0, 0.05) is 5.57 Å². The van der Waals surface area contributed by atoms with Crippen LogP contribution in [-0.2, 0) is 4.79 Å². The number of rotatable bonds is 2. The first-order valence-corrected chi connectivity index (χ1v) is 4.40. The molecule has 0 aliphatic heterocycles. The van der Waals surface area contributed by atoms with Crippen molar-refractivity contribution >= 4 is 11.4 Å². The maximum atomic E-state index is 11.3. The first-order chi connectivity index (χ1) is 6.16. The average Bonchev–Trinajstić information content (AvgIpc) is 2.09. The van der Waals surface area contributed by atoms with Crippen molar-refractivity contribution in [2.45, 2.75) is 20.8 Å². The monoisotopic (exact) mass is 174 g/mol. The normalized spacial score (nSPS) is 11.5. The highest BCUT2D eigenvalue weighted by Gasteiger charge is 2.07. The standard InChI is InChI=1S/C12H14O/c1-4-11(10(3)13)12-8-6-5-7-9(12)2/h4-8H,1-3H3/b11-4-. The molecular formula is C12H14O. The molecule has 1 rings (SSSR count). The number of carbonyl (C=O) groups is 1. The van der Waals surface area contributed by atoms with Crippen molar-refractivity contribution in [2.75, 3.05) is 0 Å². The van der Waals surface area contributed by atoms with Crippen LogP contribution in [0.1, 0.15) is 25.0 Å². The Morgan fingerprint density at radius 2 is 1.92 bits per heavy atom. The van der Waals surface area contributed by atoms with E-state index in [-0.39, 0.29) is 5.78 Å². The highest BCUT2D eigenvalue weighted by atomic mass is 16.1. The molecule has 0 radical (unpaired) electrons. The Kier molecular flexibility index (Phi) is 3.02. The molecule has 0 unspecified atom stereocenters. The summed E-state index contributed by atoms with van der Waals surface area (Å²) in [5, 5.41) is 0. The third kappa shape index (κ3) is 2.05. The van der Waals surface area contributed by atoms with E-state index in [1.54, 1.807) is 6.92 Å². The molecule has 1 aromatic carbocycles. The van der Waals surface area contributed by atoms with Crippen molar-refractivity contribution in [3.8, 4) is 0 Å². The number of Topliss-reactive ketones (excluding diaryl/α,β-unsaturated/α-hetero) is 1. The van der Waals surface area contributed by atoms with Crippen molar-refractivity contribution in [3.05, 3.63) is 41.5 Å². The summed E-state index contributed by atoms with van der Waals surface area (Å²) in [7, 11) is 0. The zero-order valence-electron chi connectivity index (χ0n) is 8.29. The molecule has 1 nitrogen and oxygen atoms in total. The largest absolute Gasteiger partial charge is 0.295 e. The number of benzene rings is 1. The lowest BCUT2D eigenvalue weighted by atomic mass is 9.98. The predicted molar refractivity (Wildman–Crippen MR) is 55.5 cm³/mol. The maximum Gasteiger partial charge on any atom is 0.160 e. The van der Waals surface area contributed by atoms with Crippen molar-refractivity contribution in [1.29, 1.82) is 0 Å². The third-order valence-electron chi connectivity index (χ3n) is 2.10. The Morgan fingerprint density at radius 1 is 1.31 bits per heavy atom. The van der Waals surface area contributed by atoms with E-state index < -0.39 is 0 Å². The molecule has 0 atom stereocenters. The predicted octanol–water partition coefficient (Wildman–Crippen LogP) is 2.99. The molecule has 0 saturated heterocycles. The van der Waals surface area contributed by atoms with E-state index in [1.165, 1.54) is 0 Å². The molecule has 0 heterocycles. The second-order valence-electron chi connectivity index (χ2n) is 3.07. The van der Waals surface area contributed by atoms with Gasteiger partial charge in [-0.05, 0) is 31.9 Å². The number of carbonyl (C=O) groups excluding carboxylic acids is 1. The highest BCUT2D eigenvalue weighted by molar-refractivity contribution is 6.19. The van der Waals surface area contributed by atoms with Crippen LogP contribution in [0.2, 0.25) is 0 Å². The topological polar surface area (TPSA) is 17.1 Å². The van der Waals surface area contributed by atoms with Crippen LogP contribution < -0.4 is 0 Å². The van der Waals surface area contributed by atoms with Crippen LogP contribution in [0, 0.1) is 6.92 Å². The van der Waals surface area contributed by atoms with Gasteiger partial charge in [-0.3, -0.25) is 4.79 Å². The summed E-state index contributed by atoms with van der Waals surface area (Å²) in [6.45, 7) is 5.51. The second kappa shape index (κ2) is 4.04. The molecule has 1 aromatic rings. The van der Waals surface area contributed by atoms with Crippen LogP contribution in [-0.4, -0.2) is 5.78 Å². The Labute approximate surface area is 79.1 Å². The van der Waals surface area contributed by atoms with Crippen molar-refractivity contribution in [1.82, 2.24) is 0 Å². The maximum absolute atomic E-state index is 11.3. The molecule has 0 saturated carbocycles. The van der Waals surface area contributed by atoms with Crippen LogP contribution in [0.4, 0.5) is 0 Å². The minimum atomic E-state index is 0.122. The Balaban J connectivity index is 3.21. The molecular weight excluding hydrogens is 160 g/mol. The van der Waals surface area contributed by atoms with Gasteiger partial charge in [0.2, 0.25) is 0 Å². The first-order valence-electron chi connectivity index (χ1n) is 4.40. The molecule has 0 aromatic heterocycles. The van der Waals surface area contributed by atoms with Gasteiger partial charge >= 0.3 is 0 Å². The van der Waals surface area contributed by atoms with E-state index in [4.69, 9.17) is 0 Å². The molecule has 0 aliphatic carbocycles. The van der Waals surface area contributed by atoms with E-state index in [0.717, 1.165) is 16.7 Å². The lowest BCUT2D eigenvalue weighted by molar-refractivity contribution is -0.111. The quantitative estimate of drug-likeness (QED) is 0.630. The molecule has 68 valence electrons. The van der Waals surface area contributed by atoms with Crippen molar-refractivity contribution in [3.63, 3.8) is 0 Å². The van der Waals surface area contributed by atoms with Gasteiger partial charge in [-0.25, -0.2) is 0 Å². The fraction of sp³-hybridized carbons (Fsp3) is 0.250.